The van der Waals surface area contributed by atoms with Crippen molar-refractivity contribution in [2.75, 3.05) is 0 Å². The maximum absolute atomic E-state index is 13.3. The number of benzene rings is 1. The van der Waals surface area contributed by atoms with Crippen LogP contribution in [0.3, 0.4) is 0 Å². The minimum atomic E-state index is -1.83. The Balaban J connectivity index is 1.66. The number of aromatic nitrogens is 2. The van der Waals surface area contributed by atoms with Gasteiger partial charge in [0, 0.05) is 23.1 Å². The lowest BCUT2D eigenvalue weighted by Gasteiger charge is -2.31. The highest BCUT2D eigenvalue weighted by atomic mass is 16.6. The first kappa shape index (κ1) is 18.5. The summed E-state index contributed by atoms with van der Waals surface area (Å²) in [5, 5.41) is 12.0. The van der Waals surface area contributed by atoms with Crippen LogP contribution in [0.4, 0.5) is 0 Å². The van der Waals surface area contributed by atoms with Crippen LogP contribution in [-0.2, 0) is 41.2 Å². The number of rotatable bonds is 2. The van der Waals surface area contributed by atoms with Crippen LogP contribution in [0.15, 0.2) is 29.1 Å². The average molecular weight is 415 g/mol. The van der Waals surface area contributed by atoms with E-state index in [2.05, 4.69) is 24.3 Å². The van der Waals surface area contributed by atoms with Crippen LogP contribution in [0, 0.1) is 0 Å². The first-order valence-electron chi connectivity index (χ1n) is 10.5. The summed E-state index contributed by atoms with van der Waals surface area (Å²) in [5.41, 5.74) is 11.1. The summed E-state index contributed by atoms with van der Waals surface area (Å²) in [6.45, 7) is 2.25. The van der Waals surface area contributed by atoms with Crippen molar-refractivity contribution in [3.05, 3.63) is 68.0 Å². The summed E-state index contributed by atoms with van der Waals surface area (Å²) < 4.78 is 6.79. The van der Waals surface area contributed by atoms with Crippen molar-refractivity contribution in [1.29, 1.82) is 0 Å². The van der Waals surface area contributed by atoms with Gasteiger partial charge in [0.15, 0.2) is 5.60 Å². The number of cyclic esters (lactones) is 1. The van der Waals surface area contributed by atoms with E-state index in [-0.39, 0.29) is 18.6 Å². The Bertz CT molecular complexity index is 1420. The second-order valence-electron chi connectivity index (χ2n) is 8.40. The van der Waals surface area contributed by atoms with Crippen molar-refractivity contribution in [1.82, 2.24) is 9.55 Å². The molecule has 4 heterocycles. The van der Waals surface area contributed by atoms with Gasteiger partial charge in [-0.05, 0) is 47.7 Å². The lowest BCUT2D eigenvalue weighted by Crippen LogP contribution is -2.44. The number of ether oxygens (including phenoxy) is 1. The van der Waals surface area contributed by atoms with Gasteiger partial charge in [0.1, 0.15) is 6.61 Å². The maximum atomic E-state index is 13.3. The molecular formula is C24H21N3O4. The third-order valence-electron chi connectivity index (χ3n) is 6.91. The molecule has 0 bridgehead atoms. The summed E-state index contributed by atoms with van der Waals surface area (Å²) in [6, 6.07) is 5.95. The summed E-state index contributed by atoms with van der Waals surface area (Å²) in [7, 11) is 0. The summed E-state index contributed by atoms with van der Waals surface area (Å²) >= 11 is 0. The average Bonchev–Trinajstić information content (AvgIpc) is 3.38. The smallest absolute Gasteiger partial charge is 0.343 e. The highest BCUT2D eigenvalue weighted by Crippen LogP contribution is 2.40. The predicted octanol–water partition coefficient (Wildman–Crippen LogP) is 2.11. The highest BCUT2D eigenvalue weighted by Gasteiger charge is 2.45. The predicted molar refractivity (Wildman–Crippen MR) is 115 cm³/mol. The number of hydrogen-bond acceptors (Lipinski definition) is 6. The number of hydrogen-bond donors (Lipinski definition) is 2. The van der Waals surface area contributed by atoms with Crippen LogP contribution in [-0.4, -0.2) is 20.6 Å². The molecule has 6 rings (SSSR count). The Morgan fingerprint density at radius 1 is 1.26 bits per heavy atom. The number of aliphatic hydroxyl groups is 1. The van der Waals surface area contributed by atoms with Crippen LogP contribution < -0.4 is 11.3 Å². The highest BCUT2D eigenvalue weighted by molar-refractivity contribution is 5.91. The zero-order valence-corrected chi connectivity index (χ0v) is 17.1. The fourth-order valence-corrected chi connectivity index (χ4v) is 5.15. The molecule has 2 aliphatic heterocycles. The molecule has 1 aromatic carbocycles. The molecule has 0 spiro atoms. The Morgan fingerprint density at radius 3 is 2.87 bits per heavy atom. The van der Waals surface area contributed by atoms with Crippen molar-refractivity contribution < 1.29 is 14.6 Å². The van der Waals surface area contributed by atoms with E-state index in [9.17, 15) is 14.7 Å². The second-order valence-corrected chi connectivity index (χ2v) is 8.40. The summed E-state index contributed by atoms with van der Waals surface area (Å²) in [4.78, 5) is 30.6. The molecular weight excluding hydrogens is 394 g/mol. The fourth-order valence-electron chi connectivity index (χ4n) is 5.15. The minimum Gasteiger partial charge on any atom is -0.458 e. The van der Waals surface area contributed by atoms with Gasteiger partial charge in [-0.15, -0.1) is 0 Å². The van der Waals surface area contributed by atoms with E-state index in [0.717, 1.165) is 34.0 Å². The number of allylic oxidation sites excluding steroid dienone is 1. The Morgan fingerprint density at radius 2 is 2.10 bits per heavy atom. The van der Waals surface area contributed by atoms with Crippen molar-refractivity contribution in [3.8, 4) is 11.4 Å². The Hall–Kier alpha value is -3.29. The number of fused-ring (bicyclic) bond motifs is 6. The molecule has 0 radical (unpaired) electrons. The van der Waals surface area contributed by atoms with E-state index in [1.54, 1.807) is 17.6 Å². The quantitative estimate of drug-likeness (QED) is 0.486. The third-order valence-corrected chi connectivity index (χ3v) is 6.91. The van der Waals surface area contributed by atoms with Gasteiger partial charge < -0.3 is 20.1 Å². The first-order chi connectivity index (χ1) is 15.0. The zero-order valence-electron chi connectivity index (χ0n) is 17.1. The molecule has 0 unspecified atom stereocenters. The van der Waals surface area contributed by atoms with Crippen molar-refractivity contribution in [3.63, 3.8) is 0 Å². The standard InChI is InChI=1S/C24H21N3O4/c1-2-24(30)18-8-20-21-16(10-27(20)22(28)17(18)11-31-23(24)29)15(9-25)14-6-12-4-3-5-13(12)7-19(14)26-21/h3,5-8,30H,2,4,9-11,25H2,1H3/t24-/m0/s1. The fraction of sp³-hybridized carbons (Fsp3) is 0.292. The van der Waals surface area contributed by atoms with Gasteiger partial charge >= 0.3 is 5.97 Å². The number of esters is 1. The van der Waals surface area contributed by atoms with Gasteiger partial charge in [0.05, 0.1) is 29.0 Å². The monoisotopic (exact) mass is 415 g/mol. The number of pyridine rings is 2. The van der Waals surface area contributed by atoms with Gasteiger partial charge in [-0.25, -0.2) is 9.78 Å². The van der Waals surface area contributed by atoms with Crippen LogP contribution >= 0.6 is 0 Å². The van der Waals surface area contributed by atoms with Crippen molar-refractivity contribution >= 4 is 22.9 Å². The molecule has 3 aliphatic rings. The third kappa shape index (κ3) is 2.27. The molecule has 31 heavy (non-hydrogen) atoms. The number of carbonyl (C=O) groups excluding carboxylic acids is 1. The number of nitrogens with two attached hydrogens (primary N) is 1. The maximum Gasteiger partial charge on any atom is 0.343 e. The Labute approximate surface area is 177 Å². The van der Waals surface area contributed by atoms with E-state index in [1.807, 2.05) is 0 Å². The van der Waals surface area contributed by atoms with Crippen LogP contribution in [0.25, 0.3) is 28.4 Å². The molecule has 156 valence electrons. The molecule has 7 nitrogen and oxygen atoms in total. The van der Waals surface area contributed by atoms with E-state index in [1.165, 1.54) is 5.56 Å². The van der Waals surface area contributed by atoms with Crippen molar-refractivity contribution in [2.45, 2.75) is 45.1 Å². The van der Waals surface area contributed by atoms with E-state index < -0.39 is 11.6 Å². The van der Waals surface area contributed by atoms with Crippen molar-refractivity contribution in [2.24, 2.45) is 5.73 Å². The molecule has 1 aliphatic carbocycles. The summed E-state index contributed by atoms with van der Waals surface area (Å²) in [6.07, 6.45) is 5.23. The molecule has 1 atom stereocenters. The summed E-state index contributed by atoms with van der Waals surface area (Å²) in [5.74, 6) is -0.721. The number of nitrogens with zero attached hydrogens (tertiary/aromatic N) is 2. The van der Waals surface area contributed by atoms with Gasteiger partial charge in [0.25, 0.3) is 5.56 Å². The van der Waals surface area contributed by atoms with Gasteiger partial charge in [-0.1, -0.05) is 19.1 Å². The molecule has 0 fully saturated rings. The largest absolute Gasteiger partial charge is 0.458 e. The van der Waals surface area contributed by atoms with Gasteiger partial charge in [-0.2, -0.15) is 0 Å². The van der Waals surface area contributed by atoms with E-state index in [0.29, 0.717) is 35.6 Å². The van der Waals surface area contributed by atoms with Crippen LogP contribution in [0.5, 0.6) is 0 Å². The van der Waals surface area contributed by atoms with E-state index >= 15 is 0 Å². The number of carbonyl (C=O) groups is 1. The first-order valence-corrected chi connectivity index (χ1v) is 10.5. The molecule has 0 amide bonds. The molecule has 3 aromatic rings. The SMILES string of the molecule is CC[C@@]1(O)C(=O)OCc2c1cc1n(c2=O)Cc2c-1nc1cc3c(cc1c2CN)CC=C3. The van der Waals surface area contributed by atoms with Gasteiger partial charge in [-0.3, -0.25) is 4.79 Å². The second kappa shape index (κ2) is 6.12. The lowest BCUT2D eigenvalue weighted by atomic mass is 9.86. The van der Waals surface area contributed by atoms with E-state index in [4.69, 9.17) is 15.5 Å². The molecule has 3 N–H and O–H groups in total. The normalized spacial score (nSPS) is 20.4. The minimum absolute atomic E-state index is 0.117. The van der Waals surface area contributed by atoms with Crippen LogP contribution in [0.1, 0.15) is 46.7 Å². The lowest BCUT2D eigenvalue weighted by molar-refractivity contribution is -0.172. The zero-order chi connectivity index (χ0) is 21.5. The van der Waals surface area contributed by atoms with Crippen LogP contribution in [0.2, 0.25) is 0 Å². The molecule has 7 heteroatoms. The molecule has 0 saturated heterocycles. The topological polar surface area (TPSA) is 107 Å². The Kier molecular flexibility index (Phi) is 3.65. The molecule has 2 aromatic heterocycles. The molecule has 0 saturated carbocycles. The van der Waals surface area contributed by atoms with Gasteiger partial charge in [0.2, 0.25) is 0 Å².